The molecule has 0 aliphatic heterocycles. The topological polar surface area (TPSA) is 26.3 Å². The highest BCUT2D eigenvalue weighted by Crippen LogP contribution is 2.52. The first-order valence-corrected chi connectivity index (χ1v) is 31.0. The second-order valence-electron chi connectivity index (χ2n) is 24.0. The van der Waals surface area contributed by atoms with Crippen LogP contribution in [0.3, 0.4) is 0 Å². The van der Waals surface area contributed by atoms with E-state index < -0.39 is 0 Å². The molecule has 19 aromatic rings. The maximum absolute atomic E-state index is 6.92. The average molecular weight is 1140 g/mol. The Kier molecular flexibility index (Phi) is 11.1. The largest absolute Gasteiger partial charge is 0.456 e. The number of furan rings is 2. The van der Waals surface area contributed by atoms with Crippen LogP contribution < -0.4 is 0 Å². The van der Waals surface area contributed by atoms with Gasteiger partial charge in [0, 0.05) is 21.5 Å². The summed E-state index contributed by atoms with van der Waals surface area (Å²) in [6.45, 7) is 0. The van der Waals surface area contributed by atoms with Gasteiger partial charge in [0.2, 0.25) is 0 Å². The zero-order valence-corrected chi connectivity index (χ0v) is 48.8. The minimum atomic E-state index is 0.851. The molecule has 19 rings (SSSR count). The van der Waals surface area contributed by atoms with Crippen LogP contribution >= 0.6 is 0 Å². The van der Waals surface area contributed by atoms with Crippen molar-refractivity contribution in [3.63, 3.8) is 0 Å². The number of benzene rings is 17. The van der Waals surface area contributed by atoms with Crippen molar-refractivity contribution in [1.82, 2.24) is 0 Å². The van der Waals surface area contributed by atoms with Gasteiger partial charge < -0.3 is 8.83 Å². The molecule has 0 fully saturated rings. The maximum atomic E-state index is 6.92. The molecular formula is C88H52O2. The first kappa shape index (κ1) is 50.3. The van der Waals surface area contributed by atoms with Crippen LogP contribution in [-0.4, -0.2) is 0 Å². The standard InChI is InChI=1S/C88H52O2/c1-2-21-53(22-3-1)58-46-48-73(60-27-7-6-26-59(58)60)84-69-32-12-14-34-71(69)86(72-35-15-13-33-70(72)84)76-39-20-42-82-88(76)78-52-56(44-50-80(78)90-82)55-43-45-61-74(49-47-62(77(61)51-55)64-38-19-41-81-87(64)75-36-16-17-40-79(75)89-81)85-67-30-10-8-28-65(67)83(66-29-9-11-31-68(66)85)63-37-18-24-54-23-4-5-25-57(54)63/h1-52H. The molecule has 0 aliphatic rings. The maximum Gasteiger partial charge on any atom is 0.136 e. The highest BCUT2D eigenvalue weighted by Gasteiger charge is 2.25. The molecule has 0 saturated heterocycles. The van der Waals surface area contributed by atoms with Crippen molar-refractivity contribution >= 4 is 119 Å². The molecule has 2 heteroatoms. The summed E-state index contributed by atoms with van der Waals surface area (Å²) in [4.78, 5) is 0. The average Bonchev–Trinajstić information content (AvgIpc) is 0.956. The van der Waals surface area contributed by atoms with E-state index in [2.05, 4.69) is 315 Å². The highest BCUT2D eigenvalue weighted by atomic mass is 16.3. The predicted molar refractivity (Wildman–Crippen MR) is 382 cm³/mol. The summed E-state index contributed by atoms with van der Waals surface area (Å²) in [7, 11) is 0. The quantitative estimate of drug-likeness (QED) is 0.149. The fourth-order valence-corrected chi connectivity index (χ4v) is 15.4. The second-order valence-corrected chi connectivity index (χ2v) is 24.0. The van der Waals surface area contributed by atoms with Gasteiger partial charge in [-0.2, -0.15) is 0 Å². The van der Waals surface area contributed by atoms with E-state index in [0.717, 1.165) is 77.1 Å². The normalized spacial score (nSPS) is 12.0. The van der Waals surface area contributed by atoms with E-state index in [-0.39, 0.29) is 0 Å². The predicted octanol–water partition coefficient (Wildman–Crippen LogP) is 25.2. The van der Waals surface area contributed by atoms with Gasteiger partial charge in [-0.3, -0.25) is 0 Å². The lowest BCUT2D eigenvalue weighted by molar-refractivity contribution is 0.668. The van der Waals surface area contributed by atoms with E-state index >= 15 is 0 Å². The van der Waals surface area contributed by atoms with Crippen molar-refractivity contribution in [2.24, 2.45) is 0 Å². The molecule has 0 unspecified atom stereocenters. The lowest BCUT2D eigenvalue weighted by Crippen LogP contribution is -1.93. The summed E-state index contributed by atoms with van der Waals surface area (Å²) in [5.41, 5.74) is 20.1. The number of fused-ring (bicyclic) bond motifs is 13. The van der Waals surface area contributed by atoms with E-state index in [1.807, 2.05) is 0 Å². The Morgan fingerprint density at radius 2 is 0.511 bits per heavy atom. The third kappa shape index (κ3) is 7.52. The van der Waals surface area contributed by atoms with E-state index in [9.17, 15) is 0 Å². The minimum Gasteiger partial charge on any atom is -0.456 e. The minimum absolute atomic E-state index is 0.851. The van der Waals surface area contributed by atoms with Gasteiger partial charge in [0.15, 0.2) is 0 Å². The van der Waals surface area contributed by atoms with Crippen molar-refractivity contribution in [2.75, 3.05) is 0 Å². The Balaban J connectivity index is 0.834. The monoisotopic (exact) mass is 1140 g/mol. The lowest BCUT2D eigenvalue weighted by Gasteiger charge is -2.21. The molecule has 2 heterocycles. The Bertz CT molecular complexity index is 6100. The lowest BCUT2D eigenvalue weighted by atomic mass is 9.82. The highest BCUT2D eigenvalue weighted by molar-refractivity contribution is 6.29. The molecule has 90 heavy (non-hydrogen) atoms. The van der Waals surface area contributed by atoms with Crippen LogP contribution in [0.5, 0.6) is 0 Å². The molecule has 17 aromatic carbocycles. The van der Waals surface area contributed by atoms with Crippen molar-refractivity contribution < 1.29 is 8.83 Å². The fourth-order valence-electron chi connectivity index (χ4n) is 15.4. The van der Waals surface area contributed by atoms with Gasteiger partial charge >= 0.3 is 0 Å². The molecular weight excluding hydrogens is 1090 g/mol. The van der Waals surface area contributed by atoms with E-state index in [0.29, 0.717) is 0 Å². The number of para-hydroxylation sites is 1. The molecule has 0 spiro atoms. The van der Waals surface area contributed by atoms with Gasteiger partial charge in [0.05, 0.1) is 0 Å². The first-order valence-electron chi connectivity index (χ1n) is 31.0. The van der Waals surface area contributed by atoms with Crippen LogP contribution in [0.2, 0.25) is 0 Å². The summed E-state index contributed by atoms with van der Waals surface area (Å²) in [6.07, 6.45) is 0. The van der Waals surface area contributed by atoms with Gasteiger partial charge in [-0.1, -0.05) is 279 Å². The Morgan fingerprint density at radius 1 is 0.156 bits per heavy atom. The van der Waals surface area contributed by atoms with Crippen molar-refractivity contribution in [2.45, 2.75) is 0 Å². The van der Waals surface area contributed by atoms with Gasteiger partial charge in [0.25, 0.3) is 0 Å². The molecule has 0 amide bonds. The SMILES string of the molecule is c1ccc(-c2ccc(-c3c4ccccc4c(-c4cccc5oc6ccc(-c7ccc8c(-c9c%10ccccc%10c(-c%10cccc%11ccccc%10%11)c%10ccccc9%10)ccc(-c9cccc%10oc%11ccccc%11c9%10)c8c7)cc6c45)c4ccccc34)c3ccccc23)cc1. The van der Waals surface area contributed by atoms with E-state index in [1.54, 1.807) is 0 Å². The van der Waals surface area contributed by atoms with Gasteiger partial charge in [0.1, 0.15) is 22.3 Å². The molecule has 2 aromatic heterocycles. The van der Waals surface area contributed by atoms with Gasteiger partial charge in [-0.15, -0.1) is 0 Å². The van der Waals surface area contributed by atoms with Crippen LogP contribution in [0, 0.1) is 0 Å². The van der Waals surface area contributed by atoms with Gasteiger partial charge in [-0.05, 0) is 190 Å². The van der Waals surface area contributed by atoms with Crippen molar-refractivity contribution in [1.29, 1.82) is 0 Å². The zero-order chi connectivity index (χ0) is 59.0. The number of hydrogen-bond donors (Lipinski definition) is 0. The Morgan fingerprint density at radius 3 is 1.10 bits per heavy atom. The van der Waals surface area contributed by atoms with Crippen LogP contribution in [0.15, 0.2) is 324 Å². The molecule has 0 aliphatic carbocycles. The zero-order valence-electron chi connectivity index (χ0n) is 48.8. The second kappa shape index (κ2) is 19.8. The number of hydrogen-bond acceptors (Lipinski definition) is 2. The molecule has 0 bridgehead atoms. The van der Waals surface area contributed by atoms with Crippen molar-refractivity contribution in [3.05, 3.63) is 315 Å². The van der Waals surface area contributed by atoms with E-state index in [4.69, 9.17) is 8.83 Å². The van der Waals surface area contributed by atoms with Crippen LogP contribution in [0.1, 0.15) is 0 Å². The van der Waals surface area contributed by atoms with Crippen LogP contribution in [0.4, 0.5) is 0 Å². The summed E-state index contributed by atoms with van der Waals surface area (Å²) < 4.78 is 13.5. The molecule has 0 radical (unpaired) electrons. The molecule has 2 nitrogen and oxygen atoms in total. The summed E-state index contributed by atoms with van der Waals surface area (Å²) in [6, 6.07) is 116. The number of rotatable bonds is 7. The summed E-state index contributed by atoms with van der Waals surface area (Å²) >= 11 is 0. The van der Waals surface area contributed by atoms with Crippen LogP contribution in [0.25, 0.3) is 197 Å². The molecule has 416 valence electrons. The Hall–Kier alpha value is -11.8. The molecule has 0 atom stereocenters. The van der Waals surface area contributed by atoms with Crippen LogP contribution in [-0.2, 0) is 0 Å². The van der Waals surface area contributed by atoms with E-state index in [1.165, 1.54) is 120 Å². The third-order valence-corrected chi connectivity index (χ3v) is 19.3. The summed E-state index contributed by atoms with van der Waals surface area (Å²) in [5.74, 6) is 0. The van der Waals surface area contributed by atoms with Crippen molar-refractivity contribution in [3.8, 4) is 77.9 Å². The molecule has 0 N–H and O–H groups in total. The smallest absolute Gasteiger partial charge is 0.136 e. The first-order chi connectivity index (χ1) is 44.7. The third-order valence-electron chi connectivity index (χ3n) is 19.3. The molecule has 0 saturated carbocycles. The fraction of sp³-hybridized carbons (Fsp3) is 0. The van der Waals surface area contributed by atoms with Gasteiger partial charge in [-0.25, -0.2) is 0 Å². The summed E-state index contributed by atoms with van der Waals surface area (Å²) in [5, 5.41) is 21.4. The Labute approximate surface area is 518 Å².